The summed E-state index contributed by atoms with van der Waals surface area (Å²) in [7, 11) is 1.69. The number of nitrogens with zero attached hydrogens (tertiary/aromatic N) is 5. The van der Waals surface area contributed by atoms with E-state index in [9.17, 15) is 4.79 Å². The Balaban J connectivity index is 1.55. The molecule has 1 aliphatic carbocycles. The number of halogens is 1. The zero-order chi connectivity index (χ0) is 17.4. The fourth-order valence-electron chi connectivity index (χ4n) is 3.39. The highest BCUT2D eigenvalue weighted by Crippen LogP contribution is 2.27. The zero-order valence-electron chi connectivity index (χ0n) is 13.7. The molecule has 1 amide bonds. The second kappa shape index (κ2) is 6.55. The van der Waals surface area contributed by atoms with E-state index in [-0.39, 0.29) is 17.9 Å². The summed E-state index contributed by atoms with van der Waals surface area (Å²) in [6.45, 7) is 0. The van der Waals surface area contributed by atoms with Gasteiger partial charge in [0.05, 0.1) is 4.47 Å². The molecule has 0 atom stereocenters. The molecule has 8 nitrogen and oxygen atoms in total. The lowest BCUT2D eigenvalue weighted by Gasteiger charge is -2.28. The van der Waals surface area contributed by atoms with Gasteiger partial charge in [-0.1, -0.05) is 0 Å². The molecule has 130 valence electrons. The molecule has 0 bridgehead atoms. The van der Waals surface area contributed by atoms with E-state index in [0.29, 0.717) is 5.95 Å². The van der Waals surface area contributed by atoms with Crippen molar-refractivity contribution in [1.82, 2.24) is 29.9 Å². The van der Waals surface area contributed by atoms with Gasteiger partial charge in [-0.25, -0.2) is 4.98 Å². The van der Waals surface area contributed by atoms with Gasteiger partial charge in [-0.2, -0.15) is 4.98 Å². The molecule has 0 saturated heterocycles. The molecule has 0 aromatic carbocycles. The van der Waals surface area contributed by atoms with Crippen LogP contribution in [0.2, 0.25) is 0 Å². The Hall–Kier alpha value is -2.29. The van der Waals surface area contributed by atoms with Crippen LogP contribution in [0.25, 0.3) is 16.7 Å². The van der Waals surface area contributed by atoms with Gasteiger partial charge in [0.1, 0.15) is 6.33 Å². The number of hydrogen-bond acceptors (Lipinski definition) is 6. The van der Waals surface area contributed by atoms with Crippen molar-refractivity contribution in [2.24, 2.45) is 5.92 Å². The molecule has 9 heteroatoms. The van der Waals surface area contributed by atoms with E-state index >= 15 is 0 Å². The van der Waals surface area contributed by atoms with Crippen molar-refractivity contribution < 1.29 is 4.79 Å². The number of aromatic nitrogens is 5. The van der Waals surface area contributed by atoms with Gasteiger partial charge in [-0.3, -0.25) is 9.20 Å². The minimum Gasteiger partial charge on any atom is -0.359 e. The first kappa shape index (κ1) is 16.2. The monoisotopic (exact) mass is 403 g/mol. The van der Waals surface area contributed by atoms with Crippen LogP contribution in [0.5, 0.6) is 0 Å². The van der Waals surface area contributed by atoms with Gasteiger partial charge >= 0.3 is 0 Å². The molecular formula is C16H18BrN7O. The average molecular weight is 404 g/mol. The van der Waals surface area contributed by atoms with E-state index in [0.717, 1.165) is 46.8 Å². The first-order chi connectivity index (χ1) is 12.2. The topological polar surface area (TPSA) is 97.1 Å². The van der Waals surface area contributed by atoms with Gasteiger partial charge in [0.2, 0.25) is 11.9 Å². The van der Waals surface area contributed by atoms with Gasteiger partial charge in [0, 0.05) is 30.6 Å². The molecule has 2 N–H and O–H groups in total. The Morgan fingerprint density at radius 1 is 1.28 bits per heavy atom. The van der Waals surface area contributed by atoms with Crippen LogP contribution in [0.15, 0.2) is 23.1 Å². The molecule has 3 heterocycles. The molecule has 1 fully saturated rings. The van der Waals surface area contributed by atoms with Gasteiger partial charge < -0.3 is 10.6 Å². The molecule has 0 unspecified atom stereocenters. The molecule has 25 heavy (non-hydrogen) atoms. The number of rotatable bonds is 3. The minimum absolute atomic E-state index is 0.120. The number of fused-ring (bicyclic) bond motifs is 3. The van der Waals surface area contributed by atoms with E-state index in [1.54, 1.807) is 19.6 Å². The number of carbonyl (C=O) groups is 1. The van der Waals surface area contributed by atoms with Crippen LogP contribution in [0.3, 0.4) is 0 Å². The summed E-state index contributed by atoms with van der Waals surface area (Å²) in [6.07, 6.45) is 7.07. The van der Waals surface area contributed by atoms with Crippen molar-refractivity contribution in [1.29, 1.82) is 0 Å². The SMILES string of the molecule is CNC(=O)C1CCC(Nc2ncc3cc(Br)c4nncn4c3n2)CC1. The minimum atomic E-state index is 0.120. The van der Waals surface area contributed by atoms with Crippen LogP contribution in [0.1, 0.15) is 25.7 Å². The fraction of sp³-hybridized carbons (Fsp3) is 0.438. The third kappa shape index (κ3) is 3.04. The largest absolute Gasteiger partial charge is 0.359 e. The van der Waals surface area contributed by atoms with Crippen LogP contribution < -0.4 is 10.6 Å². The molecule has 1 aliphatic rings. The molecule has 0 aliphatic heterocycles. The predicted molar refractivity (Wildman–Crippen MR) is 97.2 cm³/mol. The van der Waals surface area contributed by atoms with Crippen LogP contribution >= 0.6 is 15.9 Å². The highest BCUT2D eigenvalue weighted by Gasteiger charge is 2.26. The van der Waals surface area contributed by atoms with Crippen LogP contribution in [0.4, 0.5) is 5.95 Å². The van der Waals surface area contributed by atoms with Crippen molar-refractivity contribution in [2.75, 3.05) is 12.4 Å². The van der Waals surface area contributed by atoms with Gasteiger partial charge in [0.15, 0.2) is 11.3 Å². The second-order valence-electron chi connectivity index (χ2n) is 6.30. The fourth-order valence-corrected chi connectivity index (χ4v) is 3.90. The third-order valence-electron chi connectivity index (χ3n) is 4.75. The molecule has 4 rings (SSSR count). The molecule has 0 spiro atoms. The lowest BCUT2D eigenvalue weighted by Crippen LogP contribution is -2.34. The molecular weight excluding hydrogens is 386 g/mol. The number of nitrogens with one attached hydrogen (secondary N) is 2. The maximum absolute atomic E-state index is 11.7. The maximum Gasteiger partial charge on any atom is 0.224 e. The Labute approximate surface area is 152 Å². The quantitative estimate of drug-likeness (QED) is 0.695. The number of anilines is 1. The zero-order valence-corrected chi connectivity index (χ0v) is 15.3. The highest BCUT2D eigenvalue weighted by atomic mass is 79.9. The van der Waals surface area contributed by atoms with Gasteiger partial charge in [-0.05, 0) is 47.7 Å². The van der Waals surface area contributed by atoms with Crippen molar-refractivity contribution in [3.63, 3.8) is 0 Å². The van der Waals surface area contributed by atoms with Crippen LogP contribution in [-0.2, 0) is 4.79 Å². The average Bonchev–Trinajstić information content (AvgIpc) is 3.13. The second-order valence-corrected chi connectivity index (χ2v) is 7.15. The van der Waals surface area contributed by atoms with E-state index < -0.39 is 0 Å². The Morgan fingerprint density at radius 2 is 2.08 bits per heavy atom. The summed E-state index contributed by atoms with van der Waals surface area (Å²) in [5.41, 5.74) is 1.49. The van der Waals surface area contributed by atoms with E-state index in [1.165, 1.54) is 0 Å². The predicted octanol–water partition coefficient (Wildman–Crippen LogP) is 2.15. The molecule has 3 aromatic rings. The molecule has 0 radical (unpaired) electrons. The van der Waals surface area contributed by atoms with E-state index in [1.807, 2.05) is 10.5 Å². The molecule has 3 aromatic heterocycles. The first-order valence-electron chi connectivity index (χ1n) is 8.29. The first-order valence-corrected chi connectivity index (χ1v) is 9.08. The van der Waals surface area contributed by atoms with Gasteiger partial charge in [-0.15, -0.1) is 10.2 Å². The standard InChI is InChI=1S/C16H18BrN7O/c1-18-15(25)9-2-4-11(5-3-9)21-16-19-7-10-6-12(17)14-23-20-8-24(14)13(10)22-16/h6-9,11H,2-5H2,1H3,(H,18,25)(H,19,21,22). The normalized spacial score (nSPS) is 20.7. The summed E-state index contributed by atoms with van der Waals surface area (Å²) in [6, 6.07) is 2.22. The number of carbonyl (C=O) groups excluding carboxylic acids is 1. The van der Waals surface area contributed by atoms with Crippen LogP contribution in [-0.4, -0.2) is 43.6 Å². The Kier molecular flexibility index (Phi) is 4.24. The summed E-state index contributed by atoms with van der Waals surface area (Å²) in [4.78, 5) is 20.8. The molecule has 1 saturated carbocycles. The van der Waals surface area contributed by atoms with Crippen molar-refractivity contribution in [3.05, 3.63) is 23.1 Å². The highest BCUT2D eigenvalue weighted by molar-refractivity contribution is 9.10. The smallest absolute Gasteiger partial charge is 0.224 e. The van der Waals surface area contributed by atoms with Gasteiger partial charge in [0.25, 0.3) is 0 Å². The van der Waals surface area contributed by atoms with Crippen LogP contribution in [0, 0.1) is 5.92 Å². The Bertz CT molecular complexity index is 933. The maximum atomic E-state index is 11.7. The van der Waals surface area contributed by atoms with E-state index in [2.05, 4.69) is 46.7 Å². The summed E-state index contributed by atoms with van der Waals surface area (Å²) < 4.78 is 2.70. The van der Waals surface area contributed by atoms with Crippen molar-refractivity contribution in [3.8, 4) is 0 Å². The summed E-state index contributed by atoms with van der Waals surface area (Å²) in [5.74, 6) is 0.851. The number of amides is 1. The van der Waals surface area contributed by atoms with Crippen molar-refractivity contribution >= 4 is 44.5 Å². The lowest BCUT2D eigenvalue weighted by atomic mass is 9.85. The third-order valence-corrected chi connectivity index (χ3v) is 5.33. The Morgan fingerprint density at radius 3 is 2.84 bits per heavy atom. The van der Waals surface area contributed by atoms with Crippen molar-refractivity contribution in [2.45, 2.75) is 31.7 Å². The number of pyridine rings is 1. The van der Waals surface area contributed by atoms with E-state index in [4.69, 9.17) is 0 Å². The number of hydrogen-bond donors (Lipinski definition) is 2. The lowest BCUT2D eigenvalue weighted by molar-refractivity contribution is -0.125. The summed E-state index contributed by atoms with van der Waals surface area (Å²) >= 11 is 3.49. The summed E-state index contributed by atoms with van der Waals surface area (Å²) in [5, 5.41) is 15.1.